The zero-order chi connectivity index (χ0) is 73.7. The van der Waals surface area contributed by atoms with Gasteiger partial charge in [0.25, 0.3) is 0 Å². The minimum absolute atomic E-state index is 0.252. The van der Waals surface area contributed by atoms with Gasteiger partial charge in [-0.2, -0.15) is 0 Å². The number of amides is 1. The van der Waals surface area contributed by atoms with E-state index in [2.05, 4.69) is 141 Å². The molecule has 2 heterocycles. The quantitative estimate of drug-likeness (QED) is 0.0204. The smallest absolute Gasteiger partial charge is 0.220 e. The molecule has 2 aliphatic rings. The van der Waals surface area contributed by atoms with Crippen LogP contribution in [0.5, 0.6) is 0 Å². The highest BCUT2D eigenvalue weighted by atomic mass is 16.7. The van der Waals surface area contributed by atoms with Gasteiger partial charge in [0.05, 0.1) is 32.0 Å². The van der Waals surface area contributed by atoms with E-state index in [1.807, 2.05) is 6.08 Å². The van der Waals surface area contributed by atoms with Crippen LogP contribution in [0.15, 0.2) is 134 Å². The maximum absolute atomic E-state index is 13.4. The van der Waals surface area contributed by atoms with E-state index in [1.165, 1.54) is 173 Å². The fourth-order valence-electron chi connectivity index (χ4n) is 12.8. The van der Waals surface area contributed by atoms with Gasteiger partial charge in [0.1, 0.15) is 48.8 Å². The third-order valence-electron chi connectivity index (χ3n) is 19.3. The number of aliphatic hydroxyl groups is 8. The first kappa shape index (κ1) is 94.2. The van der Waals surface area contributed by atoms with Crippen molar-refractivity contribution in [3.05, 3.63) is 134 Å². The Kier molecular flexibility index (Phi) is 64.8. The Labute approximate surface area is 621 Å². The third kappa shape index (κ3) is 52.2. The van der Waals surface area contributed by atoms with Crippen LogP contribution in [0.4, 0.5) is 0 Å². The van der Waals surface area contributed by atoms with Gasteiger partial charge in [0.2, 0.25) is 5.91 Å². The second-order valence-corrected chi connectivity index (χ2v) is 28.5. The van der Waals surface area contributed by atoms with Gasteiger partial charge in [-0.1, -0.05) is 347 Å². The molecule has 2 aliphatic heterocycles. The fourth-order valence-corrected chi connectivity index (χ4v) is 12.8. The molecule has 102 heavy (non-hydrogen) atoms. The lowest BCUT2D eigenvalue weighted by atomic mass is 9.97. The van der Waals surface area contributed by atoms with Crippen LogP contribution in [0.1, 0.15) is 322 Å². The summed E-state index contributed by atoms with van der Waals surface area (Å²) in [4.78, 5) is 13.4. The summed E-state index contributed by atoms with van der Waals surface area (Å²) in [5.41, 5.74) is 0. The Morgan fingerprint density at radius 2 is 0.686 bits per heavy atom. The molecule has 2 rings (SSSR count). The van der Waals surface area contributed by atoms with E-state index in [0.717, 1.165) is 116 Å². The van der Waals surface area contributed by atoms with E-state index < -0.39 is 86.8 Å². The molecule has 0 spiro atoms. The lowest BCUT2D eigenvalue weighted by Gasteiger charge is -2.46. The molecule has 14 heteroatoms. The molecule has 0 aromatic rings. The summed E-state index contributed by atoms with van der Waals surface area (Å²) in [6, 6.07) is -0.950. The molecule has 1 amide bonds. The number of carbonyl (C=O) groups excluding carboxylic acids is 1. The van der Waals surface area contributed by atoms with Crippen molar-refractivity contribution in [2.24, 2.45) is 0 Å². The highest BCUT2D eigenvalue weighted by Gasteiger charge is 2.51. The molecular weight excluding hydrogens is 1280 g/mol. The summed E-state index contributed by atoms with van der Waals surface area (Å²) in [6.07, 6.45) is 88.2. The molecule has 2 saturated heterocycles. The Morgan fingerprint density at radius 1 is 0.363 bits per heavy atom. The normalized spacial score (nSPS) is 22.4. The summed E-state index contributed by atoms with van der Waals surface area (Å²) in [6.45, 7) is 2.69. The first-order chi connectivity index (χ1) is 50.1. The Morgan fingerprint density at radius 3 is 1.08 bits per heavy atom. The highest BCUT2D eigenvalue weighted by molar-refractivity contribution is 5.76. The molecule has 2 fully saturated rings. The van der Waals surface area contributed by atoms with Crippen LogP contribution < -0.4 is 5.32 Å². The summed E-state index contributed by atoms with van der Waals surface area (Å²) in [5.74, 6) is -0.263. The van der Waals surface area contributed by atoms with Gasteiger partial charge in [-0.25, -0.2) is 0 Å². The molecule has 0 aromatic carbocycles. The van der Waals surface area contributed by atoms with Crippen molar-refractivity contribution in [3.8, 4) is 0 Å². The first-order valence-electron chi connectivity index (χ1n) is 41.4. The molecule has 12 atom stereocenters. The zero-order valence-electron chi connectivity index (χ0n) is 64.3. The number of rotatable bonds is 68. The van der Waals surface area contributed by atoms with Gasteiger partial charge in [-0.05, 0) is 103 Å². The maximum Gasteiger partial charge on any atom is 0.220 e. The number of nitrogens with one attached hydrogen (secondary N) is 1. The summed E-state index contributed by atoms with van der Waals surface area (Å²) >= 11 is 0. The summed E-state index contributed by atoms with van der Waals surface area (Å²) in [7, 11) is 0. The van der Waals surface area contributed by atoms with Crippen LogP contribution in [-0.2, 0) is 23.7 Å². The van der Waals surface area contributed by atoms with Crippen LogP contribution in [0.2, 0.25) is 0 Å². The first-order valence-corrected chi connectivity index (χ1v) is 41.4. The van der Waals surface area contributed by atoms with E-state index in [4.69, 9.17) is 18.9 Å². The van der Waals surface area contributed by atoms with Gasteiger partial charge in [-0.15, -0.1) is 0 Å². The molecule has 9 N–H and O–H groups in total. The maximum atomic E-state index is 13.4. The van der Waals surface area contributed by atoms with E-state index in [0.29, 0.717) is 12.8 Å². The monoisotopic (exact) mass is 1430 g/mol. The van der Waals surface area contributed by atoms with Gasteiger partial charge in [0.15, 0.2) is 12.6 Å². The van der Waals surface area contributed by atoms with Gasteiger partial charge < -0.3 is 65.1 Å². The summed E-state index contributed by atoms with van der Waals surface area (Å²) in [5, 5.41) is 87.7. The topological polar surface area (TPSA) is 228 Å². The van der Waals surface area contributed by atoms with E-state index in [1.54, 1.807) is 6.08 Å². The van der Waals surface area contributed by atoms with Crippen LogP contribution in [0, 0.1) is 0 Å². The second kappa shape index (κ2) is 70.1. The lowest BCUT2D eigenvalue weighted by molar-refractivity contribution is -0.359. The minimum atomic E-state index is -1.80. The van der Waals surface area contributed by atoms with Crippen molar-refractivity contribution in [2.45, 2.75) is 396 Å². The molecule has 12 unspecified atom stereocenters. The SMILES string of the molecule is CC/C=C\C/C=C\C/C=C\C/C=C\C/C=C\C/C=C\C/C=C\C/C=C\C/C=C\CCCCCCCCCC(=O)NC(COC1OC(CO)C(OC2OC(CO)C(O)C(O)C2O)C(O)C1O)C(O)/C=C/CC/C=C/CCCCCCCCCCCCCCCCCCCCCCCCCCCCC. The highest BCUT2D eigenvalue weighted by Crippen LogP contribution is 2.30. The van der Waals surface area contributed by atoms with Gasteiger partial charge >= 0.3 is 0 Å². The van der Waals surface area contributed by atoms with Crippen LogP contribution in [0.3, 0.4) is 0 Å². The Bertz CT molecular complexity index is 2230. The average Bonchev–Trinajstić information content (AvgIpc) is 0.790. The predicted molar refractivity (Wildman–Crippen MR) is 424 cm³/mol. The Hall–Kier alpha value is -3.87. The van der Waals surface area contributed by atoms with Crippen LogP contribution in [-0.4, -0.2) is 140 Å². The van der Waals surface area contributed by atoms with Crippen LogP contribution >= 0.6 is 0 Å². The minimum Gasteiger partial charge on any atom is -0.394 e. The molecule has 0 radical (unpaired) electrons. The van der Waals surface area contributed by atoms with E-state index in [-0.39, 0.29) is 18.9 Å². The predicted octanol–water partition coefficient (Wildman–Crippen LogP) is 19.4. The lowest BCUT2D eigenvalue weighted by Crippen LogP contribution is -2.65. The van der Waals surface area contributed by atoms with Crippen molar-refractivity contribution >= 4 is 5.91 Å². The molecule has 586 valence electrons. The molecular formula is C88H151NO13. The van der Waals surface area contributed by atoms with Crippen molar-refractivity contribution < 1.29 is 64.6 Å². The third-order valence-corrected chi connectivity index (χ3v) is 19.3. The second-order valence-electron chi connectivity index (χ2n) is 28.5. The van der Waals surface area contributed by atoms with Crippen molar-refractivity contribution in [2.75, 3.05) is 19.8 Å². The Balaban J connectivity index is 1.65. The number of unbranched alkanes of at least 4 members (excludes halogenated alkanes) is 35. The molecule has 0 aliphatic carbocycles. The van der Waals surface area contributed by atoms with Crippen molar-refractivity contribution in [3.63, 3.8) is 0 Å². The van der Waals surface area contributed by atoms with Crippen molar-refractivity contribution in [1.29, 1.82) is 0 Å². The molecule has 0 aromatic heterocycles. The largest absolute Gasteiger partial charge is 0.394 e. The zero-order valence-corrected chi connectivity index (χ0v) is 64.3. The number of carbonyl (C=O) groups is 1. The van der Waals surface area contributed by atoms with Crippen molar-refractivity contribution in [1.82, 2.24) is 5.32 Å². The number of aliphatic hydroxyl groups excluding tert-OH is 8. The van der Waals surface area contributed by atoms with Crippen LogP contribution in [0.25, 0.3) is 0 Å². The number of ether oxygens (including phenoxy) is 4. The number of hydrogen-bond acceptors (Lipinski definition) is 13. The standard InChI is InChI=1S/C88H151NO13/c1-3-5-7-9-11-13-15-17-19-21-23-25-27-29-31-33-35-37-38-40-42-44-46-48-50-52-54-56-58-60-62-64-66-68-70-72-80(93)89-76(75-99-87-85(98)83(96)86(79(74-91)101-87)102-88-84(97)82(95)81(94)78(73-90)100-88)77(92)71-69-67-65-63-61-59-57-55-53-51-49-47-45-43-41-39-36-34-32-30-28-26-24-22-20-18-16-14-12-10-8-6-4-2/h5,7,11,13,17,19,23,25,29,31,35,37,40,42,46,48,52,54,61,63,69,71,76-79,81-88,90-92,94-98H,3-4,6,8-10,12,14-16,18,20-22,24,26-28,30,32-34,36,38-39,41,43-45,47,49-51,53,55-60,62,64-68,70,72-75H2,1-2H3,(H,89,93)/b7-5-,13-11-,19-17-,25-23-,31-29-,37-35-,42-40-,48-46-,54-52-,63-61+,71-69+. The van der Waals surface area contributed by atoms with E-state index in [9.17, 15) is 45.6 Å². The fraction of sp³-hybridized carbons (Fsp3) is 0.739. The average molecular weight is 1430 g/mol. The summed E-state index contributed by atoms with van der Waals surface area (Å²) < 4.78 is 22.9. The van der Waals surface area contributed by atoms with E-state index >= 15 is 0 Å². The van der Waals surface area contributed by atoms with Gasteiger partial charge in [0, 0.05) is 6.42 Å². The van der Waals surface area contributed by atoms with Gasteiger partial charge in [-0.3, -0.25) is 4.79 Å². The molecule has 14 nitrogen and oxygen atoms in total. The molecule has 0 saturated carbocycles. The number of allylic oxidation sites excluding steroid dienone is 21. The number of hydrogen-bond donors (Lipinski definition) is 9. The molecule has 0 bridgehead atoms.